The number of carbonyl (C=O) groups excluding carboxylic acids is 1. The standard InChI is InChI=1S/C32H41N3O3/c1-22(2)30(36)38-31(16-18-35(3)17-8-13-29-33-27-11-6-7-12-28(27)34-29)19-25-15-14-24(31)20-32(25)26-10-5-4-9-23(26)21-37-32/h4-7,9-12,22,24-25H,8,13-21H2,1-3H3,(H,33,34)/t24-,25-,31+,32+/m1/s1. The van der Waals surface area contributed by atoms with Crippen molar-refractivity contribution in [3.05, 3.63) is 65.5 Å². The molecular weight excluding hydrogens is 474 g/mol. The molecule has 2 aromatic carbocycles. The lowest BCUT2D eigenvalue weighted by Gasteiger charge is -2.58. The summed E-state index contributed by atoms with van der Waals surface area (Å²) in [5.41, 5.74) is 4.23. The maximum atomic E-state index is 13.0. The van der Waals surface area contributed by atoms with E-state index in [1.165, 1.54) is 11.1 Å². The van der Waals surface area contributed by atoms with E-state index in [-0.39, 0.29) is 17.5 Å². The van der Waals surface area contributed by atoms with Crippen LogP contribution in [0.2, 0.25) is 0 Å². The first-order valence-electron chi connectivity index (χ1n) is 14.5. The number of benzene rings is 2. The molecule has 0 radical (unpaired) electrons. The summed E-state index contributed by atoms with van der Waals surface area (Å²) in [6.45, 7) is 6.49. The average Bonchev–Trinajstić information content (AvgIpc) is 3.50. The monoisotopic (exact) mass is 515 g/mol. The third-order valence-corrected chi connectivity index (χ3v) is 9.45. The normalized spacial score (nSPS) is 28.0. The van der Waals surface area contributed by atoms with Crippen molar-refractivity contribution in [3.63, 3.8) is 0 Å². The average molecular weight is 516 g/mol. The highest BCUT2D eigenvalue weighted by Crippen LogP contribution is 2.62. The molecule has 1 N–H and O–H groups in total. The molecule has 0 saturated heterocycles. The number of aromatic amines is 1. The van der Waals surface area contributed by atoms with Crippen LogP contribution in [-0.4, -0.2) is 46.6 Å². The number of fused-ring (bicyclic) bond motifs is 4. The largest absolute Gasteiger partial charge is 0.459 e. The Labute approximate surface area is 226 Å². The lowest BCUT2D eigenvalue weighted by molar-refractivity contribution is -0.229. The predicted octanol–water partition coefficient (Wildman–Crippen LogP) is 6.00. The first-order chi connectivity index (χ1) is 18.4. The van der Waals surface area contributed by atoms with Gasteiger partial charge in [0, 0.05) is 25.3 Å². The van der Waals surface area contributed by atoms with E-state index in [0.29, 0.717) is 18.4 Å². The highest BCUT2D eigenvalue weighted by atomic mass is 16.6. The molecule has 2 bridgehead atoms. The molecule has 0 unspecified atom stereocenters. The summed E-state index contributed by atoms with van der Waals surface area (Å²) in [5, 5.41) is 0. The number of aryl methyl sites for hydroxylation is 1. The molecular formula is C32H41N3O3. The van der Waals surface area contributed by atoms with E-state index in [1.54, 1.807) is 0 Å². The number of aromatic nitrogens is 2. The van der Waals surface area contributed by atoms with Gasteiger partial charge in [0.05, 0.1) is 29.2 Å². The topological polar surface area (TPSA) is 67.5 Å². The van der Waals surface area contributed by atoms with Gasteiger partial charge in [0.1, 0.15) is 11.4 Å². The number of hydrogen-bond donors (Lipinski definition) is 1. The van der Waals surface area contributed by atoms with Gasteiger partial charge in [0.25, 0.3) is 0 Å². The fourth-order valence-corrected chi connectivity index (χ4v) is 7.35. The molecule has 3 aliphatic carbocycles. The molecule has 6 heteroatoms. The molecule has 0 amide bonds. The summed E-state index contributed by atoms with van der Waals surface area (Å²) in [6.07, 6.45) is 6.95. The van der Waals surface area contributed by atoms with Gasteiger partial charge < -0.3 is 19.4 Å². The van der Waals surface area contributed by atoms with Crippen molar-refractivity contribution in [1.82, 2.24) is 14.9 Å². The number of hydrogen-bond acceptors (Lipinski definition) is 5. The number of H-pyrrole nitrogens is 1. The van der Waals surface area contributed by atoms with Crippen LogP contribution in [0.15, 0.2) is 48.5 Å². The van der Waals surface area contributed by atoms with Crippen LogP contribution in [-0.2, 0) is 32.9 Å². The number of nitrogens with one attached hydrogen (secondary N) is 1. The molecule has 202 valence electrons. The zero-order valence-electron chi connectivity index (χ0n) is 23.0. The molecule has 3 saturated carbocycles. The van der Waals surface area contributed by atoms with Gasteiger partial charge in [-0.3, -0.25) is 4.79 Å². The zero-order chi connectivity index (χ0) is 26.3. The predicted molar refractivity (Wildman–Crippen MR) is 149 cm³/mol. The number of imidazole rings is 1. The molecule has 6 nitrogen and oxygen atoms in total. The Kier molecular flexibility index (Phi) is 6.81. The van der Waals surface area contributed by atoms with Gasteiger partial charge in [-0.2, -0.15) is 0 Å². The number of ether oxygens (including phenoxy) is 2. The summed E-state index contributed by atoms with van der Waals surface area (Å²) >= 11 is 0. The third kappa shape index (κ3) is 4.56. The second-order valence-electron chi connectivity index (χ2n) is 12.2. The van der Waals surface area contributed by atoms with Crippen LogP contribution < -0.4 is 0 Å². The van der Waals surface area contributed by atoms with Crippen LogP contribution >= 0.6 is 0 Å². The third-order valence-electron chi connectivity index (χ3n) is 9.45. The van der Waals surface area contributed by atoms with Crippen LogP contribution in [0.4, 0.5) is 0 Å². The van der Waals surface area contributed by atoms with Crippen LogP contribution in [0, 0.1) is 17.8 Å². The minimum Gasteiger partial charge on any atom is -0.459 e. The van der Waals surface area contributed by atoms with E-state index in [1.807, 2.05) is 26.0 Å². The fourth-order valence-electron chi connectivity index (χ4n) is 7.35. The van der Waals surface area contributed by atoms with E-state index in [0.717, 1.165) is 74.9 Å². The lowest BCUT2D eigenvalue weighted by atomic mass is 9.53. The Morgan fingerprint density at radius 2 is 1.89 bits per heavy atom. The number of esters is 1. The molecule has 4 atom stereocenters. The van der Waals surface area contributed by atoms with Gasteiger partial charge in [0.15, 0.2) is 0 Å². The minimum atomic E-state index is -0.399. The molecule has 1 spiro atoms. The van der Waals surface area contributed by atoms with E-state index >= 15 is 0 Å². The summed E-state index contributed by atoms with van der Waals surface area (Å²) in [4.78, 5) is 23.5. The number of rotatable bonds is 9. The zero-order valence-corrected chi connectivity index (χ0v) is 23.0. The maximum absolute atomic E-state index is 13.0. The van der Waals surface area contributed by atoms with Crippen molar-refractivity contribution < 1.29 is 14.3 Å². The first kappa shape index (κ1) is 25.6. The molecule has 38 heavy (non-hydrogen) atoms. The van der Waals surface area contributed by atoms with E-state index in [4.69, 9.17) is 14.5 Å². The fraction of sp³-hybridized carbons (Fsp3) is 0.562. The summed E-state index contributed by atoms with van der Waals surface area (Å²) < 4.78 is 13.1. The Morgan fingerprint density at radius 3 is 2.68 bits per heavy atom. The van der Waals surface area contributed by atoms with Crippen molar-refractivity contribution in [2.45, 2.75) is 76.6 Å². The molecule has 2 heterocycles. The van der Waals surface area contributed by atoms with Crippen molar-refractivity contribution >= 4 is 17.0 Å². The summed E-state index contributed by atoms with van der Waals surface area (Å²) in [7, 11) is 2.19. The molecule has 7 rings (SSSR count). The summed E-state index contributed by atoms with van der Waals surface area (Å²) in [6, 6.07) is 16.9. The van der Waals surface area contributed by atoms with E-state index < -0.39 is 5.60 Å². The second kappa shape index (κ2) is 10.1. The first-order valence-corrected chi connectivity index (χ1v) is 14.5. The molecule has 4 aliphatic rings. The number of para-hydroxylation sites is 2. The van der Waals surface area contributed by atoms with E-state index in [9.17, 15) is 4.79 Å². The molecule has 3 fully saturated rings. The van der Waals surface area contributed by atoms with Crippen LogP contribution in [0.3, 0.4) is 0 Å². The SMILES string of the molecule is CC(C)C(=O)O[C@@]1(CCN(C)CCCc2nc3ccccc3[nH]2)C[C@H]2CC[C@@H]1C[C@]21OCc2ccccc21. The Hall–Kier alpha value is -2.70. The summed E-state index contributed by atoms with van der Waals surface area (Å²) in [5.74, 6) is 1.58. The van der Waals surface area contributed by atoms with Crippen molar-refractivity contribution in [1.29, 1.82) is 0 Å². The Balaban J connectivity index is 1.12. The van der Waals surface area contributed by atoms with Gasteiger partial charge in [-0.05, 0) is 74.9 Å². The minimum absolute atomic E-state index is 0.0631. The highest BCUT2D eigenvalue weighted by Gasteiger charge is 2.62. The Bertz CT molecular complexity index is 1270. The van der Waals surface area contributed by atoms with Crippen molar-refractivity contribution in [2.75, 3.05) is 20.1 Å². The number of carbonyl (C=O) groups is 1. The number of nitrogens with zero attached hydrogens (tertiary/aromatic N) is 2. The molecule has 1 aromatic heterocycles. The van der Waals surface area contributed by atoms with Crippen molar-refractivity contribution in [2.24, 2.45) is 17.8 Å². The Morgan fingerprint density at radius 1 is 1.11 bits per heavy atom. The van der Waals surface area contributed by atoms with Crippen LogP contribution in [0.25, 0.3) is 11.0 Å². The lowest BCUT2D eigenvalue weighted by Crippen LogP contribution is -2.59. The maximum Gasteiger partial charge on any atom is 0.308 e. The highest BCUT2D eigenvalue weighted by molar-refractivity contribution is 5.74. The van der Waals surface area contributed by atoms with Gasteiger partial charge >= 0.3 is 5.97 Å². The van der Waals surface area contributed by atoms with E-state index in [2.05, 4.69) is 53.3 Å². The second-order valence-corrected chi connectivity index (χ2v) is 12.2. The van der Waals surface area contributed by atoms with Gasteiger partial charge in [-0.25, -0.2) is 4.98 Å². The van der Waals surface area contributed by atoms with Gasteiger partial charge in [0.2, 0.25) is 0 Å². The molecule has 3 aromatic rings. The van der Waals surface area contributed by atoms with Crippen molar-refractivity contribution in [3.8, 4) is 0 Å². The quantitative estimate of drug-likeness (QED) is 0.354. The van der Waals surface area contributed by atoms with Gasteiger partial charge in [-0.15, -0.1) is 0 Å². The van der Waals surface area contributed by atoms with Crippen LogP contribution in [0.1, 0.15) is 69.3 Å². The van der Waals surface area contributed by atoms with Crippen LogP contribution in [0.5, 0.6) is 0 Å². The smallest absolute Gasteiger partial charge is 0.308 e. The molecule has 1 aliphatic heterocycles. The van der Waals surface area contributed by atoms with Gasteiger partial charge in [-0.1, -0.05) is 50.2 Å².